The Kier molecular flexibility index (Phi) is 15.8. The zero-order valence-electron chi connectivity index (χ0n) is 16.8. The second-order valence-electron chi connectivity index (χ2n) is 7.13. The van der Waals surface area contributed by atoms with Crippen LogP contribution in [-0.2, 0) is 14.9 Å². The summed E-state index contributed by atoms with van der Waals surface area (Å²) < 4.78 is 29.9. The van der Waals surface area contributed by atoms with Crippen molar-refractivity contribution in [1.82, 2.24) is 4.90 Å². The van der Waals surface area contributed by atoms with E-state index < -0.39 is 10.1 Å². The molecular weight excluding hydrogens is 350 g/mol. The standard InChI is InChI=1S/C20H39NO4S/c1-3-4-5-6-7-8-9-10-11-12-13-14-17-20(22)21(2)18-15-16-19-26(23,24)25/h14,17H,3-13,15-16,18-19H2,1-2H3,(H,23,24,25)/b17-14+. The summed E-state index contributed by atoms with van der Waals surface area (Å²) in [5.74, 6) is -0.298. The van der Waals surface area contributed by atoms with E-state index in [1.165, 1.54) is 57.8 Å². The smallest absolute Gasteiger partial charge is 0.264 e. The molecule has 0 fully saturated rings. The van der Waals surface area contributed by atoms with Gasteiger partial charge in [0.1, 0.15) is 0 Å². The second-order valence-corrected chi connectivity index (χ2v) is 8.70. The Morgan fingerprint density at radius 3 is 1.96 bits per heavy atom. The lowest BCUT2D eigenvalue weighted by molar-refractivity contribution is -0.124. The van der Waals surface area contributed by atoms with Gasteiger partial charge in [-0.1, -0.05) is 70.8 Å². The lowest BCUT2D eigenvalue weighted by Gasteiger charge is -2.14. The minimum atomic E-state index is -3.89. The average Bonchev–Trinajstić information content (AvgIpc) is 2.58. The third-order valence-electron chi connectivity index (χ3n) is 4.51. The minimum Gasteiger partial charge on any atom is -0.342 e. The van der Waals surface area contributed by atoms with Crippen molar-refractivity contribution in [2.24, 2.45) is 0 Å². The first-order valence-corrected chi connectivity index (χ1v) is 11.8. The van der Waals surface area contributed by atoms with Crippen LogP contribution in [0.5, 0.6) is 0 Å². The summed E-state index contributed by atoms with van der Waals surface area (Å²) in [5, 5.41) is 0. The summed E-state index contributed by atoms with van der Waals surface area (Å²) in [6, 6.07) is 0. The van der Waals surface area contributed by atoms with E-state index in [0.29, 0.717) is 19.4 Å². The molecule has 0 aliphatic rings. The lowest BCUT2D eigenvalue weighted by atomic mass is 10.1. The molecule has 5 nitrogen and oxygen atoms in total. The molecule has 26 heavy (non-hydrogen) atoms. The highest BCUT2D eigenvalue weighted by atomic mass is 32.2. The number of likely N-dealkylation sites (N-methyl/N-ethyl adjacent to an activating group) is 1. The number of rotatable bonds is 17. The van der Waals surface area contributed by atoms with Crippen LogP contribution in [0.2, 0.25) is 0 Å². The molecule has 154 valence electrons. The van der Waals surface area contributed by atoms with Gasteiger partial charge >= 0.3 is 0 Å². The van der Waals surface area contributed by atoms with Crippen LogP contribution >= 0.6 is 0 Å². The number of allylic oxidation sites excluding steroid dienone is 1. The van der Waals surface area contributed by atoms with Gasteiger partial charge in [0.25, 0.3) is 10.1 Å². The van der Waals surface area contributed by atoms with Crippen LogP contribution in [0.1, 0.15) is 90.4 Å². The first-order valence-electron chi connectivity index (χ1n) is 10.2. The quantitative estimate of drug-likeness (QED) is 0.216. The molecule has 0 spiro atoms. The predicted octanol–water partition coefficient (Wildman–Crippen LogP) is 4.98. The third-order valence-corrected chi connectivity index (χ3v) is 5.31. The fraction of sp³-hybridized carbons (Fsp3) is 0.850. The number of hydrogen-bond acceptors (Lipinski definition) is 3. The molecule has 0 bridgehead atoms. The molecule has 0 aliphatic heterocycles. The van der Waals surface area contributed by atoms with Crippen LogP contribution in [0.3, 0.4) is 0 Å². The number of carbonyl (C=O) groups is 1. The van der Waals surface area contributed by atoms with E-state index in [1.54, 1.807) is 18.0 Å². The van der Waals surface area contributed by atoms with E-state index in [4.69, 9.17) is 4.55 Å². The van der Waals surface area contributed by atoms with Crippen LogP contribution < -0.4 is 0 Å². The van der Waals surface area contributed by atoms with Gasteiger partial charge in [-0.25, -0.2) is 0 Å². The van der Waals surface area contributed by atoms with Gasteiger partial charge in [0, 0.05) is 13.6 Å². The Hall–Kier alpha value is -0.880. The van der Waals surface area contributed by atoms with Crippen molar-refractivity contribution < 1.29 is 17.8 Å². The molecule has 0 saturated heterocycles. The molecule has 0 aromatic rings. The van der Waals surface area contributed by atoms with E-state index in [0.717, 1.165) is 12.8 Å². The maximum Gasteiger partial charge on any atom is 0.264 e. The second kappa shape index (κ2) is 16.3. The fourth-order valence-corrected chi connectivity index (χ4v) is 3.37. The third kappa shape index (κ3) is 17.9. The van der Waals surface area contributed by atoms with Crippen molar-refractivity contribution in [3.05, 3.63) is 12.2 Å². The zero-order chi connectivity index (χ0) is 19.7. The topological polar surface area (TPSA) is 74.7 Å². The fourth-order valence-electron chi connectivity index (χ4n) is 2.80. The summed E-state index contributed by atoms with van der Waals surface area (Å²) in [5.41, 5.74) is 0. The van der Waals surface area contributed by atoms with Crippen LogP contribution in [0, 0.1) is 0 Å². The van der Waals surface area contributed by atoms with E-state index in [-0.39, 0.29) is 11.7 Å². The monoisotopic (exact) mass is 389 g/mol. The minimum absolute atomic E-state index is 0.0519. The van der Waals surface area contributed by atoms with Gasteiger partial charge in [-0.05, 0) is 31.8 Å². The van der Waals surface area contributed by atoms with Gasteiger partial charge in [-0.15, -0.1) is 0 Å². The highest BCUT2D eigenvalue weighted by molar-refractivity contribution is 7.85. The van der Waals surface area contributed by atoms with Gasteiger partial charge in [0.05, 0.1) is 5.75 Å². The summed E-state index contributed by atoms with van der Waals surface area (Å²) in [6.07, 6.45) is 18.5. The van der Waals surface area contributed by atoms with Crippen molar-refractivity contribution in [2.75, 3.05) is 19.3 Å². The number of unbranched alkanes of at least 4 members (excludes halogenated alkanes) is 11. The molecule has 0 saturated carbocycles. The molecule has 1 N–H and O–H groups in total. The van der Waals surface area contributed by atoms with E-state index >= 15 is 0 Å². The Labute approximate surface area is 161 Å². The van der Waals surface area contributed by atoms with Gasteiger partial charge in [-0.3, -0.25) is 9.35 Å². The maximum absolute atomic E-state index is 11.9. The van der Waals surface area contributed by atoms with Crippen molar-refractivity contribution in [1.29, 1.82) is 0 Å². The molecule has 0 aliphatic carbocycles. The van der Waals surface area contributed by atoms with Gasteiger partial charge in [0.15, 0.2) is 0 Å². The van der Waals surface area contributed by atoms with Crippen LogP contribution in [0.15, 0.2) is 12.2 Å². The molecule has 0 unspecified atom stereocenters. The van der Waals surface area contributed by atoms with Crippen molar-refractivity contribution >= 4 is 16.0 Å². The first kappa shape index (κ1) is 25.1. The average molecular weight is 390 g/mol. The number of amides is 1. The Balaban J connectivity index is 3.52. The molecule has 0 aromatic carbocycles. The molecule has 6 heteroatoms. The van der Waals surface area contributed by atoms with Crippen LogP contribution in [-0.4, -0.2) is 43.1 Å². The predicted molar refractivity (Wildman–Crippen MR) is 109 cm³/mol. The first-order chi connectivity index (χ1) is 12.4. The number of hydrogen-bond donors (Lipinski definition) is 1. The molecule has 0 aromatic heterocycles. The summed E-state index contributed by atoms with van der Waals surface area (Å²) in [6.45, 7) is 2.74. The number of nitrogens with zero attached hydrogens (tertiary/aromatic N) is 1. The summed E-state index contributed by atoms with van der Waals surface area (Å²) in [7, 11) is -2.19. The molecule has 0 rings (SSSR count). The Bertz CT molecular complexity index is 474. The van der Waals surface area contributed by atoms with Gasteiger partial charge in [0.2, 0.25) is 5.91 Å². The molecule has 0 atom stereocenters. The normalized spacial score (nSPS) is 12.0. The SMILES string of the molecule is CCCCCCCCCCCC/C=C/C(=O)N(C)CCCCS(=O)(=O)O. The molecular formula is C20H39NO4S. The van der Waals surface area contributed by atoms with Crippen molar-refractivity contribution in [2.45, 2.75) is 90.4 Å². The maximum atomic E-state index is 11.9. The lowest BCUT2D eigenvalue weighted by Crippen LogP contribution is -2.26. The zero-order valence-corrected chi connectivity index (χ0v) is 17.6. The summed E-state index contributed by atoms with van der Waals surface area (Å²) >= 11 is 0. The van der Waals surface area contributed by atoms with Crippen molar-refractivity contribution in [3.63, 3.8) is 0 Å². The van der Waals surface area contributed by atoms with Crippen LogP contribution in [0.25, 0.3) is 0 Å². The summed E-state index contributed by atoms with van der Waals surface area (Å²) in [4.78, 5) is 13.5. The molecule has 0 radical (unpaired) electrons. The van der Waals surface area contributed by atoms with E-state index in [1.807, 2.05) is 6.08 Å². The largest absolute Gasteiger partial charge is 0.342 e. The van der Waals surface area contributed by atoms with Gasteiger partial charge in [-0.2, -0.15) is 8.42 Å². The van der Waals surface area contributed by atoms with Crippen LogP contribution in [0.4, 0.5) is 0 Å². The Morgan fingerprint density at radius 1 is 0.885 bits per heavy atom. The highest BCUT2D eigenvalue weighted by Gasteiger charge is 2.07. The Morgan fingerprint density at radius 2 is 1.42 bits per heavy atom. The van der Waals surface area contributed by atoms with Gasteiger partial charge < -0.3 is 4.90 Å². The molecule has 1 amide bonds. The molecule has 0 heterocycles. The van der Waals surface area contributed by atoms with Crippen molar-refractivity contribution in [3.8, 4) is 0 Å². The highest BCUT2D eigenvalue weighted by Crippen LogP contribution is 2.11. The van der Waals surface area contributed by atoms with E-state index in [2.05, 4.69) is 6.92 Å². The van der Waals surface area contributed by atoms with E-state index in [9.17, 15) is 13.2 Å². The number of carbonyl (C=O) groups excluding carboxylic acids is 1.